The van der Waals surface area contributed by atoms with Crippen molar-refractivity contribution < 1.29 is 33.0 Å². The summed E-state index contributed by atoms with van der Waals surface area (Å²) >= 11 is 5.70. The topological polar surface area (TPSA) is 194 Å². The highest BCUT2D eigenvalue weighted by Crippen LogP contribution is 2.51. The first kappa shape index (κ1) is 30.6. The zero-order valence-corrected chi connectivity index (χ0v) is 24.2. The normalized spacial score (nSPS) is 24.4. The van der Waals surface area contributed by atoms with Gasteiger partial charge < -0.3 is 35.1 Å². The number of para-hydroxylation sites is 1. The number of aliphatic hydroxyl groups excluding tert-OH is 1. The lowest BCUT2D eigenvalue weighted by atomic mass is 9.92. The van der Waals surface area contributed by atoms with Crippen LogP contribution in [0.4, 0.5) is 5.95 Å². The molecule has 3 heterocycles. The van der Waals surface area contributed by atoms with Crippen LogP contribution in [0, 0.1) is 17.2 Å². The third-order valence-corrected chi connectivity index (χ3v) is 8.47. The molecular weight excluding hydrogens is 577 g/mol. The number of anilines is 1. The van der Waals surface area contributed by atoms with Crippen LogP contribution in [0.2, 0.25) is 0 Å². The number of ether oxygens (including phenoxy) is 2. The molecule has 6 atom stereocenters. The van der Waals surface area contributed by atoms with Crippen molar-refractivity contribution in [3.8, 4) is 17.0 Å². The number of H-pyrrole nitrogens is 1. The molecule has 0 saturated carbocycles. The maximum Gasteiger partial charge on any atom is 0.380 e. The number of nitrogens with zero attached hydrogens (tertiary/aromatic N) is 2. The van der Waals surface area contributed by atoms with Crippen molar-refractivity contribution in [2.45, 2.75) is 50.8 Å². The van der Waals surface area contributed by atoms with Gasteiger partial charge in [0.25, 0.3) is 5.56 Å². The number of nitrogens with one attached hydrogen (secondary N) is 1. The van der Waals surface area contributed by atoms with Crippen molar-refractivity contribution >= 4 is 42.1 Å². The van der Waals surface area contributed by atoms with Gasteiger partial charge in [-0.3, -0.25) is 19.1 Å². The first-order valence-electron chi connectivity index (χ1n) is 12.7. The van der Waals surface area contributed by atoms with E-state index in [0.29, 0.717) is 0 Å². The zero-order valence-electron chi connectivity index (χ0n) is 22.5. The van der Waals surface area contributed by atoms with Gasteiger partial charge in [-0.15, -0.1) is 0 Å². The molecule has 0 aliphatic carbocycles. The molecule has 220 valence electrons. The molecule has 1 fully saturated rings. The maximum absolute atomic E-state index is 14.0. The molecule has 1 aliphatic heterocycles. The second-order valence-corrected chi connectivity index (χ2v) is 12.1. The molecule has 15 heteroatoms. The minimum Gasteiger partial charge on any atom is -0.463 e. The Hall–Kier alpha value is -3.37. The van der Waals surface area contributed by atoms with Crippen molar-refractivity contribution in [2.75, 3.05) is 18.5 Å². The summed E-state index contributed by atoms with van der Waals surface area (Å²) in [4.78, 5) is 31.4. The smallest absolute Gasteiger partial charge is 0.380 e. The first-order chi connectivity index (χ1) is 19.4. The Morgan fingerprint density at radius 2 is 2.02 bits per heavy atom. The van der Waals surface area contributed by atoms with Crippen LogP contribution in [0.25, 0.3) is 11.0 Å². The van der Waals surface area contributed by atoms with Crippen LogP contribution in [0.1, 0.15) is 27.0 Å². The average molecular weight is 608 g/mol. The molecule has 41 heavy (non-hydrogen) atoms. The summed E-state index contributed by atoms with van der Waals surface area (Å²) in [6.07, 6.45) is -3.11. The standard InChI is InChI=1S/C26H31ClN5O8P/c1-15(2)38-23(35)16(3)14-41(36,40-17-7-5-4-6-8-17)37-13-19-20(33)26(29,10-11-27)24(39-19)32-12-9-18-21(32)30-25(28)31-22(18)34/h4-9,12,15-16,19-20,24,33H,13-14,29H2,1-3H3,(H3,28,30,31,34)/t16-,19-,20+,24-,26?,41+/m1/s1. The fraction of sp³-hybridized carbons (Fsp3) is 0.423. The number of rotatable bonds is 10. The molecule has 6 N–H and O–H groups in total. The first-order valence-corrected chi connectivity index (χ1v) is 14.8. The number of carbonyl (C=O) groups excluding carboxylic acids is 1. The summed E-state index contributed by atoms with van der Waals surface area (Å²) in [5.74, 6) is 1.26. The van der Waals surface area contributed by atoms with Gasteiger partial charge in [0.1, 0.15) is 18.0 Å². The SMILES string of the molecule is CC(C)OC(=O)[C@H](C)C[P@](=O)(OC[C@H]1O[C@@H](n2ccc3c(=O)[nH]c(N)nc32)C(N)(C#CCl)[C@H]1O)Oc1ccccc1. The number of nitrogen functional groups attached to an aromatic ring is 1. The van der Waals surface area contributed by atoms with E-state index in [0.717, 1.165) is 0 Å². The highest BCUT2D eigenvalue weighted by atomic mass is 35.5. The maximum atomic E-state index is 14.0. The van der Waals surface area contributed by atoms with Gasteiger partial charge in [0.15, 0.2) is 17.4 Å². The van der Waals surface area contributed by atoms with Crippen molar-refractivity contribution in [3.05, 3.63) is 52.9 Å². The van der Waals surface area contributed by atoms with Crippen LogP contribution >= 0.6 is 19.2 Å². The lowest BCUT2D eigenvalue weighted by Crippen LogP contribution is -2.53. The third kappa shape index (κ3) is 6.59. The van der Waals surface area contributed by atoms with Crippen LogP contribution in [0.15, 0.2) is 47.4 Å². The molecule has 0 amide bonds. The minimum atomic E-state index is -4.04. The monoisotopic (exact) mass is 607 g/mol. The summed E-state index contributed by atoms with van der Waals surface area (Å²) in [6, 6.07) is 9.78. The van der Waals surface area contributed by atoms with Gasteiger partial charge in [-0.25, -0.2) is 4.57 Å². The molecule has 0 radical (unpaired) electrons. The van der Waals surface area contributed by atoms with Gasteiger partial charge in [0, 0.05) is 11.6 Å². The molecule has 1 unspecified atom stereocenters. The van der Waals surface area contributed by atoms with E-state index in [1.807, 2.05) is 0 Å². The van der Waals surface area contributed by atoms with E-state index in [9.17, 15) is 19.3 Å². The fourth-order valence-corrected chi connectivity index (χ4v) is 6.44. The molecule has 13 nitrogen and oxygen atoms in total. The van der Waals surface area contributed by atoms with Gasteiger partial charge in [-0.05, 0) is 43.6 Å². The summed E-state index contributed by atoms with van der Waals surface area (Å²) in [5.41, 5.74) is 10.1. The number of hydrogen-bond acceptors (Lipinski definition) is 11. The van der Waals surface area contributed by atoms with Crippen LogP contribution in [0.5, 0.6) is 5.75 Å². The van der Waals surface area contributed by atoms with Crippen molar-refractivity contribution in [1.82, 2.24) is 14.5 Å². The number of halogens is 1. The number of nitrogens with two attached hydrogens (primary N) is 2. The molecule has 3 aromatic rings. The second-order valence-electron chi connectivity index (χ2n) is 9.92. The molecule has 0 bridgehead atoms. The molecule has 4 rings (SSSR count). The van der Waals surface area contributed by atoms with Crippen LogP contribution in [-0.4, -0.2) is 62.2 Å². The number of aliphatic hydroxyl groups is 1. The number of aromatic nitrogens is 3. The highest BCUT2D eigenvalue weighted by molar-refractivity contribution is 7.54. The lowest BCUT2D eigenvalue weighted by molar-refractivity contribution is -0.151. The third-order valence-electron chi connectivity index (χ3n) is 6.35. The quantitative estimate of drug-likeness (QED) is 0.150. The number of fused-ring (bicyclic) bond motifs is 1. The van der Waals surface area contributed by atoms with E-state index in [2.05, 4.69) is 21.3 Å². The van der Waals surface area contributed by atoms with Crippen LogP contribution in [-0.2, 0) is 23.4 Å². The molecular formula is C26H31ClN5O8P. The van der Waals surface area contributed by atoms with Crippen LogP contribution in [0.3, 0.4) is 0 Å². The predicted octanol–water partition coefficient (Wildman–Crippen LogP) is 2.34. The summed E-state index contributed by atoms with van der Waals surface area (Å²) < 4.78 is 38.2. The van der Waals surface area contributed by atoms with Gasteiger partial charge in [-0.2, -0.15) is 4.98 Å². The van der Waals surface area contributed by atoms with E-state index in [1.165, 1.54) is 16.8 Å². The van der Waals surface area contributed by atoms with Crippen molar-refractivity contribution in [3.63, 3.8) is 0 Å². The van der Waals surface area contributed by atoms with E-state index < -0.39 is 55.6 Å². The van der Waals surface area contributed by atoms with E-state index in [4.69, 9.17) is 41.6 Å². The number of hydrogen-bond donors (Lipinski definition) is 4. The van der Waals surface area contributed by atoms with E-state index >= 15 is 0 Å². The van der Waals surface area contributed by atoms with E-state index in [1.54, 1.807) is 51.1 Å². The van der Waals surface area contributed by atoms with Crippen molar-refractivity contribution in [2.24, 2.45) is 11.7 Å². The molecule has 1 aliphatic rings. The second kappa shape index (κ2) is 12.2. The largest absolute Gasteiger partial charge is 0.463 e. The lowest BCUT2D eigenvalue weighted by Gasteiger charge is -2.28. The number of esters is 1. The van der Waals surface area contributed by atoms with Gasteiger partial charge in [0.05, 0.1) is 30.2 Å². The Kier molecular flexibility index (Phi) is 9.13. The summed E-state index contributed by atoms with van der Waals surface area (Å²) in [7, 11) is -4.04. The van der Waals surface area contributed by atoms with Gasteiger partial charge in [-0.1, -0.05) is 31.0 Å². The minimum absolute atomic E-state index is 0.131. The molecule has 1 aromatic carbocycles. The average Bonchev–Trinajstić information content (AvgIpc) is 3.42. The predicted molar refractivity (Wildman–Crippen MR) is 151 cm³/mol. The Labute approximate surface area is 240 Å². The van der Waals surface area contributed by atoms with Gasteiger partial charge in [0.2, 0.25) is 5.95 Å². The molecule has 1 saturated heterocycles. The van der Waals surface area contributed by atoms with E-state index in [-0.39, 0.29) is 35.0 Å². The Morgan fingerprint density at radius 1 is 1.32 bits per heavy atom. The fourth-order valence-electron chi connectivity index (χ4n) is 4.40. The number of carbonyl (C=O) groups is 1. The highest BCUT2D eigenvalue weighted by Gasteiger charge is 2.55. The number of benzene rings is 1. The molecule has 2 aromatic heterocycles. The van der Waals surface area contributed by atoms with Crippen LogP contribution < -0.4 is 21.6 Å². The number of aromatic amines is 1. The Bertz CT molecular complexity index is 1570. The van der Waals surface area contributed by atoms with Gasteiger partial charge >= 0.3 is 13.6 Å². The Morgan fingerprint density at radius 3 is 2.68 bits per heavy atom. The molecule has 0 spiro atoms. The summed E-state index contributed by atoms with van der Waals surface area (Å²) in [6.45, 7) is 4.48. The Balaban J connectivity index is 1.62. The zero-order chi connectivity index (χ0) is 29.9. The summed E-state index contributed by atoms with van der Waals surface area (Å²) in [5, 5.41) is 13.6. The van der Waals surface area contributed by atoms with Crippen molar-refractivity contribution in [1.29, 1.82) is 0 Å².